The van der Waals surface area contributed by atoms with Gasteiger partial charge in [0.25, 0.3) is 0 Å². The third kappa shape index (κ3) is 5.12. The van der Waals surface area contributed by atoms with Crippen LogP contribution in [0.25, 0.3) is 0 Å². The van der Waals surface area contributed by atoms with E-state index in [2.05, 4.69) is 24.5 Å². The van der Waals surface area contributed by atoms with E-state index < -0.39 is 11.7 Å². The highest BCUT2D eigenvalue weighted by Gasteiger charge is 2.31. The van der Waals surface area contributed by atoms with E-state index in [0.29, 0.717) is 29.3 Å². The highest BCUT2D eigenvalue weighted by atomic mass is 19.1. The van der Waals surface area contributed by atoms with E-state index in [-0.39, 0.29) is 5.82 Å². The molecule has 2 rings (SSSR count). The maximum absolute atomic E-state index is 13.9. The first-order valence-corrected chi connectivity index (χ1v) is 8.20. The second-order valence-corrected chi connectivity index (χ2v) is 7.64. The van der Waals surface area contributed by atoms with Gasteiger partial charge in [-0.3, -0.25) is 5.32 Å². The van der Waals surface area contributed by atoms with E-state index in [1.54, 1.807) is 26.8 Å². The van der Waals surface area contributed by atoms with Gasteiger partial charge in [-0.2, -0.15) is 0 Å². The molecule has 5 heteroatoms. The predicted molar refractivity (Wildman–Crippen MR) is 91.2 cm³/mol. The average molecular weight is 322 g/mol. The first kappa shape index (κ1) is 17.6. The van der Waals surface area contributed by atoms with Gasteiger partial charge in [-0.15, -0.1) is 0 Å². The van der Waals surface area contributed by atoms with E-state index in [9.17, 15) is 9.18 Å². The highest BCUT2D eigenvalue weighted by Crippen LogP contribution is 2.36. The second kappa shape index (κ2) is 6.77. The SMILES string of the molecule is CC(C)C1CC(Nc2cc(NC(=O)OC(C)(C)C)ccc2F)C1. The molecule has 0 radical (unpaired) electrons. The van der Waals surface area contributed by atoms with Crippen molar-refractivity contribution in [3.63, 3.8) is 0 Å². The number of nitrogens with one attached hydrogen (secondary N) is 2. The van der Waals surface area contributed by atoms with E-state index in [1.165, 1.54) is 12.1 Å². The molecule has 1 aromatic carbocycles. The van der Waals surface area contributed by atoms with Crippen LogP contribution in [-0.4, -0.2) is 17.7 Å². The third-order valence-corrected chi connectivity index (χ3v) is 4.09. The van der Waals surface area contributed by atoms with Crippen LogP contribution in [-0.2, 0) is 4.74 Å². The normalized spacial score (nSPS) is 20.8. The van der Waals surface area contributed by atoms with Gasteiger partial charge < -0.3 is 10.1 Å². The summed E-state index contributed by atoms with van der Waals surface area (Å²) >= 11 is 0. The summed E-state index contributed by atoms with van der Waals surface area (Å²) in [7, 11) is 0. The maximum atomic E-state index is 13.9. The van der Waals surface area contributed by atoms with Crippen molar-refractivity contribution in [2.24, 2.45) is 11.8 Å². The molecular formula is C18H27FN2O2. The monoisotopic (exact) mass is 322 g/mol. The largest absolute Gasteiger partial charge is 0.444 e. The van der Waals surface area contributed by atoms with Crippen molar-refractivity contribution in [1.29, 1.82) is 0 Å². The summed E-state index contributed by atoms with van der Waals surface area (Å²) in [5.41, 5.74) is 0.372. The van der Waals surface area contributed by atoms with Gasteiger partial charge in [0.15, 0.2) is 0 Å². The van der Waals surface area contributed by atoms with Crippen molar-refractivity contribution in [3.8, 4) is 0 Å². The van der Waals surface area contributed by atoms with Crippen LogP contribution in [0, 0.1) is 17.7 Å². The van der Waals surface area contributed by atoms with Crippen LogP contribution in [0.4, 0.5) is 20.6 Å². The summed E-state index contributed by atoms with van der Waals surface area (Å²) in [6.45, 7) is 9.82. The maximum Gasteiger partial charge on any atom is 0.412 e. The Hall–Kier alpha value is -1.78. The van der Waals surface area contributed by atoms with E-state index >= 15 is 0 Å². The van der Waals surface area contributed by atoms with Gasteiger partial charge in [0.05, 0.1) is 5.69 Å². The van der Waals surface area contributed by atoms with Crippen LogP contribution in [0.1, 0.15) is 47.5 Å². The van der Waals surface area contributed by atoms with Crippen LogP contribution in [0.2, 0.25) is 0 Å². The fourth-order valence-electron chi connectivity index (χ4n) is 2.68. The Bertz CT molecular complexity index is 561. The highest BCUT2D eigenvalue weighted by molar-refractivity contribution is 5.85. The minimum atomic E-state index is -0.566. The Kier molecular flexibility index (Phi) is 5.17. The molecule has 0 aliphatic heterocycles. The Labute approximate surface area is 137 Å². The number of ether oxygens (including phenoxy) is 1. The number of anilines is 2. The minimum Gasteiger partial charge on any atom is -0.444 e. The number of amides is 1. The van der Waals surface area contributed by atoms with Crippen LogP contribution in [0.15, 0.2) is 18.2 Å². The molecule has 23 heavy (non-hydrogen) atoms. The van der Waals surface area contributed by atoms with Crippen LogP contribution in [0.3, 0.4) is 0 Å². The number of rotatable bonds is 4. The number of halogens is 1. The lowest BCUT2D eigenvalue weighted by Crippen LogP contribution is -2.38. The summed E-state index contributed by atoms with van der Waals surface area (Å²) < 4.78 is 19.1. The van der Waals surface area contributed by atoms with Gasteiger partial charge in [0, 0.05) is 11.7 Å². The Morgan fingerprint density at radius 2 is 1.96 bits per heavy atom. The number of carbonyl (C=O) groups is 1. The quantitative estimate of drug-likeness (QED) is 0.818. The lowest BCUT2D eigenvalue weighted by molar-refractivity contribution is 0.0636. The van der Waals surface area contributed by atoms with E-state index in [1.807, 2.05) is 0 Å². The summed E-state index contributed by atoms with van der Waals surface area (Å²) in [6, 6.07) is 4.80. The molecule has 1 fully saturated rings. The number of benzene rings is 1. The Morgan fingerprint density at radius 1 is 1.30 bits per heavy atom. The molecule has 1 aromatic rings. The molecule has 128 valence electrons. The topological polar surface area (TPSA) is 50.4 Å². The molecule has 1 aliphatic carbocycles. The fourth-order valence-corrected chi connectivity index (χ4v) is 2.68. The third-order valence-electron chi connectivity index (χ3n) is 4.09. The molecule has 0 saturated heterocycles. The van der Waals surface area contributed by atoms with Gasteiger partial charge >= 0.3 is 6.09 Å². The zero-order chi connectivity index (χ0) is 17.2. The summed E-state index contributed by atoms with van der Waals surface area (Å²) in [4.78, 5) is 11.8. The van der Waals surface area contributed by atoms with Crippen molar-refractivity contribution >= 4 is 17.5 Å². The summed E-state index contributed by atoms with van der Waals surface area (Å²) in [5, 5.41) is 5.86. The molecule has 4 nitrogen and oxygen atoms in total. The van der Waals surface area contributed by atoms with Crippen molar-refractivity contribution in [3.05, 3.63) is 24.0 Å². The lowest BCUT2D eigenvalue weighted by atomic mass is 9.73. The van der Waals surface area contributed by atoms with Gasteiger partial charge in [-0.1, -0.05) is 13.8 Å². The van der Waals surface area contributed by atoms with Gasteiger partial charge in [-0.05, 0) is 63.6 Å². The molecule has 0 bridgehead atoms. The number of hydrogen-bond donors (Lipinski definition) is 2. The Morgan fingerprint density at radius 3 is 2.52 bits per heavy atom. The minimum absolute atomic E-state index is 0.300. The molecular weight excluding hydrogens is 295 g/mol. The van der Waals surface area contributed by atoms with Crippen LogP contribution in [0.5, 0.6) is 0 Å². The molecule has 0 atom stereocenters. The smallest absolute Gasteiger partial charge is 0.412 e. The van der Waals surface area contributed by atoms with Crippen molar-refractivity contribution < 1.29 is 13.9 Å². The zero-order valence-corrected chi connectivity index (χ0v) is 14.6. The average Bonchev–Trinajstić information content (AvgIpc) is 2.33. The standard InChI is InChI=1S/C18H27FN2O2/c1-11(2)12-8-14(9-12)20-16-10-13(6-7-15(16)19)21-17(22)23-18(3,4)5/h6-7,10-12,14,20H,8-9H2,1-5H3,(H,21,22). The molecule has 1 aliphatic rings. The molecule has 1 saturated carbocycles. The predicted octanol–water partition coefficient (Wildman–Crippen LogP) is 5.02. The van der Waals surface area contributed by atoms with Crippen molar-refractivity contribution in [2.75, 3.05) is 10.6 Å². The van der Waals surface area contributed by atoms with Gasteiger partial charge in [0.1, 0.15) is 11.4 Å². The molecule has 0 unspecified atom stereocenters. The van der Waals surface area contributed by atoms with Gasteiger partial charge in [0.2, 0.25) is 0 Å². The lowest BCUT2D eigenvalue weighted by Gasteiger charge is -2.39. The molecule has 0 heterocycles. The zero-order valence-electron chi connectivity index (χ0n) is 14.6. The van der Waals surface area contributed by atoms with E-state index in [4.69, 9.17) is 4.74 Å². The molecule has 2 N–H and O–H groups in total. The first-order valence-electron chi connectivity index (χ1n) is 8.20. The Balaban J connectivity index is 1.95. The molecule has 1 amide bonds. The van der Waals surface area contributed by atoms with Gasteiger partial charge in [-0.25, -0.2) is 9.18 Å². The summed E-state index contributed by atoms with van der Waals surface area (Å²) in [6.07, 6.45) is 1.57. The van der Waals surface area contributed by atoms with Crippen molar-refractivity contribution in [1.82, 2.24) is 0 Å². The second-order valence-electron chi connectivity index (χ2n) is 7.64. The van der Waals surface area contributed by atoms with Crippen LogP contribution >= 0.6 is 0 Å². The molecule has 0 aromatic heterocycles. The molecule has 0 spiro atoms. The van der Waals surface area contributed by atoms with E-state index in [0.717, 1.165) is 12.8 Å². The first-order chi connectivity index (χ1) is 10.6. The van der Waals surface area contributed by atoms with Crippen molar-refractivity contribution in [2.45, 2.75) is 59.1 Å². The fraction of sp³-hybridized carbons (Fsp3) is 0.611. The number of hydrogen-bond acceptors (Lipinski definition) is 3. The number of carbonyl (C=O) groups excluding carboxylic acids is 1. The summed E-state index contributed by atoms with van der Waals surface area (Å²) in [5.74, 6) is 1.06. The van der Waals surface area contributed by atoms with Crippen LogP contribution < -0.4 is 10.6 Å².